The maximum atomic E-state index is 9.28. The van der Waals surface area contributed by atoms with E-state index in [0.717, 1.165) is 6.42 Å². The molecule has 2 aromatic rings. The van der Waals surface area contributed by atoms with Crippen molar-refractivity contribution < 1.29 is 5.11 Å². The zero-order valence-corrected chi connectivity index (χ0v) is 8.40. The van der Waals surface area contributed by atoms with Gasteiger partial charge in [0, 0.05) is 9.58 Å². The number of hydrogen-bond acceptors (Lipinski definition) is 2. The van der Waals surface area contributed by atoms with Crippen molar-refractivity contribution in [1.29, 1.82) is 0 Å². The summed E-state index contributed by atoms with van der Waals surface area (Å²) >= 11 is 1.78. The lowest BCUT2D eigenvalue weighted by Crippen LogP contribution is -1.71. The van der Waals surface area contributed by atoms with Crippen LogP contribution in [-0.2, 0) is 6.42 Å². The quantitative estimate of drug-likeness (QED) is 0.771. The number of aryl methyl sites for hydroxylation is 1. The van der Waals surface area contributed by atoms with Crippen molar-refractivity contribution in [2.75, 3.05) is 0 Å². The molecule has 2 rings (SSSR count). The molecule has 0 radical (unpaired) electrons. The predicted octanol–water partition coefficient (Wildman–Crippen LogP) is 3.56. The van der Waals surface area contributed by atoms with Crippen LogP contribution in [0.25, 0.3) is 10.1 Å². The minimum atomic E-state index is 0.359. The summed E-state index contributed by atoms with van der Waals surface area (Å²) in [7, 11) is 0. The fourth-order valence-corrected chi connectivity index (χ4v) is 2.64. The molecule has 0 bridgehead atoms. The average molecular weight is 192 g/mol. The second-order valence-corrected chi connectivity index (χ2v) is 4.35. The van der Waals surface area contributed by atoms with Gasteiger partial charge >= 0.3 is 0 Å². The molecular weight excluding hydrogens is 180 g/mol. The van der Waals surface area contributed by atoms with Crippen molar-refractivity contribution >= 4 is 21.4 Å². The Balaban J connectivity index is 2.49. The van der Waals surface area contributed by atoms with E-state index in [1.54, 1.807) is 17.4 Å². The number of fused-ring (bicyclic) bond motifs is 1. The van der Waals surface area contributed by atoms with Crippen LogP contribution in [0.15, 0.2) is 24.3 Å². The van der Waals surface area contributed by atoms with Gasteiger partial charge in [-0.3, -0.25) is 0 Å². The number of rotatable bonds is 2. The summed E-state index contributed by atoms with van der Waals surface area (Å²) in [6.45, 7) is 2.18. The van der Waals surface area contributed by atoms with E-state index in [1.807, 2.05) is 12.1 Å². The van der Waals surface area contributed by atoms with E-state index >= 15 is 0 Å². The first kappa shape index (κ1) is 8.57. The fourth-order valence-electron chi connectivity index (χ4n) is 1.44. The molecule has 0 unspecified atom stereocenters. The van der Waals surface area contributed by atoms with E-state index in [4.69, 9.17) is 0 Å². The zero-order chi connectivity index (χ0) is 9.26. The topological polar surface area (TPSA) is 20.2 Å². The number of thiophene rings is 1. The molecule has 1 heterocycles. The number of phenols is 1. The minimum absolute atomic E-state index is 0.359. The fraction of sp³-hybridized carbons (Fsp3) is 0.273. The average Bonchev–Trinajstić information content (AvgIpc) is 2.46. The Morgan fingerprint density at radius 2 is 2.15 bits per heavy atom. The predicted molar refractivity (Wildman–Crippen MR) is 57.5 cm³/mol. The number of benzene rings is 1. The highest BCUT2D eigenvalue weighted by Gasteiger charge is 2.01. The Morgan fingerprint density at radius 3 is 2.92 bits per heavy atom. The molecule has 1 N–H and O–H groups in total. The smallest absolute Gasteiger partial charge is 0.117 e. The molecule has 0 fully saturated rings. The molecule has 0 spiro atoms. The molecule has 13 heavy (non-hydrogen) atoms. The summed E-state index contributed by atoms with van der Waals surface area (Å²) in [6.07, 6.45) is 2.32. The van der Waals surface area contributed by atoms with E-state index in [1.165, 1.54) is 21.4 Å². The van der Waals surface area contributed by atoms with Crippen LogP contribution in [0, 0.1) is 0 Å². The van der Waals surface area contributed by atoms with Gasteiger partial charge in [-0.15, -0.1) is 11.3 Å². The first-order valence-corrected chi connectivity index (χ1v) is 5.32. The lowest BCUT2D eigenvalue weighted by molar-refractivity contribution is 0.476. The van der Waals surface area contributed by atoms with Crippen LogP contribution in [0.2, 0.25) is 0 Å². The summed E-state index contributed by atoms with van der Waals surface area (Å²) in [5, 5.41) is 10.5. The summed E-state index contributed by atoms with van der Waals surface area (Å²) in [4.78, 5) is 1.41. The third-order valence-corrected chi connectivity index (χ3v) is 3.21. The number of phenolic OH excluding ortho intramolecular Hbond substituents is 1. The summed E-state index contributed by atoms with van der Waals surface area (Å²) < 4.78 is 1.18. The van der Waals surface area contributed by atoms with Crippen LogP contribution >= 0.6 is 11.3 Å². The van der Waals surface area contributed by atoms with Crippen molar-refractivity contribution in [3.63, 3.8) is 0 Å². The molecule has 0 saturated heterocycles. The van der Waals surface area contributed by atoms with Gasteiger partial charge in [0.1, 0.15) is 5.75 Å². The molecule has 1 nitrogen and oxygen atoms in total. The maximum absolute atomic E-state index is 9.28. The van der Waals surface area contributed by atoms with Crippen molar-refractivity contribution in [2.45, 2.75) is 19.8 Å². The normalized spacial score (nSPS) is 10.8. The molecule has 0 aliphatic rings. The zero-order valence-electron chi connectivity index (χ0n) is 7.58. The van der Waals surface area contributed by atoms with Crippen molar-refractivity contribution in [3.8, 4) is 5.75 Å². The molecular formula is C11H12OS. The van der Waals surface area contributed by atoms with Gasteiger partial charge < -0.3 is 5.11 Å². The third kappa shape index (κ3) is 1.68. The SMILES string of the molecule is CCCc1cc2ccc(O)cc2s1. The molecule has 0 atom stereocenters. The highest BCUT2D eigenvalue weighted by atomic mass is 32.1. The molecule has 1 aromatic carbocycles. The lowest BCUT2D eigenvalue weighted by atomic mass is 10.2. The first-order chi connectivity index (χ1) is 6.29. The largest absolute Gasteiger partial charge is 0.508 e. The minimum Gasteiger partial charge on any atom is -0.508 e. The van der Waals surface area contributed by atoms with E-state index in [-0.39, 0.29) is 0 Å². The van der Waals surface area contributed by atoms with Gasteiger partial charge in [-0.2, -0.15) is 0 Å². The Kier molecular flexibility index (Phi) is 2.23. The molecule has 1 aromatic heterocycles. The third-order valence-electron chi connectivity index (χ3n) is 2.05. The molecule has 68 valence electrons. The van der Waals surface area contributed by atoms with Crippen LogP contribution in [0.5, 0.6) is 5.75 Å². The highest BCUT2D eigenvalue weighted by molar-refractivity contribution is 7.19. The van der Waals surface area contributed by atoms with Crippen LogP contribution in [-0.4, -0.2) is 5.11 Å². The van der Waals surface area contributed by atoms with Crippen LogP contribution < -0.4 is 0 Å². The van der Waals surface area contributed by atoms with Crippen LogP contribution in [0.1, 0.15) is 18.2 Å². The number of aromatic hydroxyl groups is 1. The van der Waals surface area contributed by atoms with Gasteiger partial charge in [0.25, 0.3) is 0 Å². The Labute approximate surface area is 81.6 Å². The van der Waals surface area contributed by atoms with Gasteiger partial charge in [-0.05, 0) is 36.1 Å². The molecule has 0 aliphatic heterocycles. The highest BCUT2D eigenvalue weighted by Crippen LogP contribution is 2.29. The lowest BCUT2D eigenvalue weighted by Gasteiger charge is -1.89. The van der Waals surface area contributed by atoms with Gasteiger partial charge in [-0.1, -0.05) is 13.3 Å². The van der Waals surface area contributed by atoms with Gasteiger partial charge in [0.05, 0.1) is 0 Å². The van der Waals surface area contributed by atoms with Gasteiger partial charge in [0.15, 0.2) is 0 Å². The van der Waals surface area contributed by atoms with E-state index in [9.17, 15) is 5.11 Å². The summed E-state index contributed by atoms with van der Waals surface area (Å²) in [5.41, 5.74) is 0. The Morgan fingerprint density at radius 1 is 1.31 bits per heavy atom. The van der Waals surface area contributed by atoms with Crippen LogP contribution in [0.3, 0.4) is 0 Å². The monoisotopic (exact) mass is 192 g/mol. The molecule has 0 aliphatic carbocycles. The van der Waals surface area contributed by atoms with Crippen molar-refractivity contribution in [1.82, 2.24) is 0 Å². The maximum Gasteiger partial charge on any atom is 0.117 e. The summed E-state index contributed by atoms with van der Waals surface area (Å²) in [6, 6.07) is 7.76. The first-order valence-electron chi connectivity index (χ1n) is 4.51. The van der Waals surface area contributed by atoms with E-state index in [2.05, 4.69) is 13.0 Å². The molecule has 2 heteroatoms. The second-order valence-electron chi connectivity index (χ2n) is 3.18. The standard InChI is InChI=1S/C11H12OS/c1-2-3-10-6-8-4-5-9(12)7-11(8)13-10/h4-7,12H,2-3H2,1H3. The van der Waals surface area contributed by atoms with Crippen LogP contribution in [0.4, 0.5) is 0 Å². The van der Waals surface area contributed by atoms with Crippen molar-refractivity contribution in [2.24, 2.45) is 0 Å². The molecule has 0 saturated carbocycles. The Bertz CT molecular complexity index is 417. The summed E-state index contributed by atoms with van der Waals surface area (Å²) in [5.74, 6) is 0.359. The second kappa shape index (κ2) is 3.38. The number of hydrogen-bond donors (Lipinski definition) is 1. The van der Waals surface area contributed by atoms with Gasteiger partial charge in [-0.25, -0.2) is 0 Å². The Hall–Kier alpha value is -1.02. The van der Waals surface area contributed by atoms with Crippen molar-refractivity contribution in [3.05, 3.63) is 29.1 Å². The van der Waals surface area contributed by atoms with E-state index in [0.29, 0.717) is 5.75 Å². The van der Waals surface area contributed by atoms with E-state index < -0.39 is 0 Å². The van der Waals surface area contributed by atoms with Gasteiger partial charge in [0.2, 0.25) is 0 Å². The molecule has 0 amide bonds.